The summed E-state index contributed by atoms with van der Waals surface area (Å²) in [6.45, 7) is 8.84. The highest BCUT2D eigenvalue weighted by Gasteiger charge is 2.19. The van der Waals surface area contributed by atoms with E-state index < -0.39 is 0 Å². The van der Waals surface area contributed by atoms with Gasteiger partial charge in [0.1, 0.15) is 0 Å². The van der Waals surface area contributed by atoms with Crippen molar-refractivity contribution in [1.29, 1.82) is 0 Å². The van der Waals surface area contributed by atoms with Crippen LogP contribution in [-0.4, -0.2) is 34.6 Å². The first kappa shape index (κ1) is 14.7. The van der Waals surface area contributed by atoms with E-state index in [9.17, 15) is 4.79 Å². The molecule has 0 radical (unpaired) electrons. The van der Waals surface area contributed by atoms with Crippen LogP contribution in [0.3, 0.4) is 0 Å². The van der Waals surface area contributed by atoms with E-state index in [4.69, 9.17) is 4.74 Å². The first-order valence-corrected chi connectivity index (χ1v) is 8.07. The van der Waals surface area contributed by atoms with Crippen LogP contribution in [-0.2, 0) is 11.3 Å². The molecule has 0 amide bonds. The molecule has 0 aromatic carbocycles. The lowest BCUT2D eigenvalue weighted by Gasteiger charge is -2.21. The maximum atomic E-state index is 12.3. The number of Topliss-reactive ketones (excluding diaryl/α,β-unsaturated/α-hetero) is 1. The zero-order valence-corrected chi connectivity index (χ0v) is 12.9. The molecule has 0 atom stereocenters. The highest BCUT2D eigenvalue weighted by atomic mass is 32.2. The van der Waals surface area contributed by atoms with Crippen LogP contribution < -0.4 is 0 Å². The quantitative estimate of drug-likeness (QED) is 0.777. The van der Waals surface area contributed by atoms with Crippen molar-refractivity contribution >= 4 is 17.5 Å². The molecule has 0 aliphatic carbocycles. The number of nitrogens with zero attached hydrogens (tertiary/aromatic N) is 1. The van der Waals surface area contributed by atoms with Gasteiger partial charge in [-0.1, -0.05) is 0 Å². The molecule has 1 aromatic rings. The van der Waals surface area contributed by atoms with Gasteiger partial charge in [0.25, 0.3) is 0 Å². The van der Waals surface area contributed by atoms with Crippen LogP contribution in [0.15, 0.2) is 6.07 Å². The largest absolute Gasteiger partial charge is 0.381 e. The van der Waals surface area contributed by atoms with E-state index in [1.54, 1.807) is 11.8 Å². The molecule has 1 aliphatic heterocycles. The van der Waals surface area contributed by atoms with E-state index >= 15 is 0 Å². The Labute approximate surface area is 119 Å². The lowest BCUT2D eigenvalue weighted by atomic mass is 10.2. The van der Waals surface area contributed by atoms with Gasteiger partial charge in [-0.25, -0.2) is 0 Å². The van der Waals surface area contributed by atoms with Crippen molar-refractivity contribution in [2.24, 2.45) is 0 Å². The number of hydrogen-bond donors (Lipinski definition) is 0. The Morgan fingerprint density at radius 3 is 2.68 bits per heavy atom. The fraction of sp³-hybridized carbons (Fsp3) is 0.667. The highest BCUT2D eigenvalue weighted by molar-refractivity contribution is 8.00. The third-order valence-electron chi connectivity index (χ3n) is 3.81. The molecule has 0 saturated carbocycles. The minimum atomic E-state index is 0.268. The minimum absolute atomic E-state index is 0.268. The van der Waals surface area contributed by atoms with Gasteiger partial charge in [-0.3, -0.25) is 4.79 Å². The van der Waals surface area contributed by atoms with Crippen molar-refractivity contribution in [3.63, 3.8) is 0 Å². The second-order valence-electron chi connectivity index (χ2n) is 5.07. The van der Waals surface area contributed by atoms with E-state index in [1.165, 1.54) is 5.69 Å². The summed E-state index contributed by atoms with van der Waals surface area (Å²) in [5.41, 5.74) is 3.19. The van der Waals surface area contributed by atoms with Crippen LogP contribution in [0.2, 0.25) is 0 Å². The molecule has 3 nitrogen and oxygen atoms in total. The van der Waals surface area contributed by atoms with Gasteiger partial charge < -0.3 is 9.30 Å². The van der Waals surface area contributed by atoms with Gasteiger partial charge in [0.15, 0.2) is 5.78 Å². The fourth-order valence-electron chi connectivity index (χ4n) is 2.68. The van der Waals surface area contributed by atoms with E-state index in [0.717, 1.165) is 43.9 Å². The predicted molar refractivity (Wildman–Crippen MR) is 80.2 cm³/mol. The summed E-state index contributed by atoms with van der Waals surface area (Å²) in [5, 5.41) is 0.590. The summed E-state index contributed by atoms with van der Waals surface area (Å²) in [4.78, 5) is 12.3. The topological polar surface area (TPSA) is 31.2 Å². The Bertz CT molecular complexity index is 447. The lowest BCUT2D eigenvalue weighted by Crippen LogP contribution is -2.19. The molecule has 2 rings (SSSR count). The number of aryl methyl sites for hydroxylation is 1. The maximum Gasteiger partial charge on any atom is 0.174 e. The first-order chi connectivity index (χ1) is 9.13. The van der Waals surface area contributed by atoms with Gasteiger partial charge in [-0.05, 0) is 39.7 Å². The van der Waals surface area contributed by atoms with Crippen molar-refractivity contribution < 1.29 is 9.53 Å². The number of aromatic nitrogens is 1. The van der Waals surface area contributed by atoms with Crippen LogP contribution in [0.1, 0.15) is 41.5 Å². The van der Waals surface area contributed by atoms with Crippen molar-refractivity contribution in [1.82, 2.24) is 4.57 Å². The first-order valence-electron chi connectivity index (χ1n) is 7.02. The van der Waals surface area contributed by atoms with Crippen molar-refractivity contribution in [3.05, 3.63) is 23.0 Å². The second-order valence-corrected chi connectivity index (χ2v) is 6.36. The van der Waals surface area contributed by atoms with Crippen molar-refractivity contribution in [2.45, 2.75) is 45.4 Å². The summed E-state index contributed by atoms with van der Waals surface area (Å²) in [6, 6.07) is 2.03. The second kappa shape index (κ2) is 6.62. The van der Waals surface area contributed by atoms with E-state index in [-0.39, 0.29) is 5.78 Å². The number of carbonyl (C=O) groups excluding carboxylic acids is 1. The van der Waals surface area contributed by atoms with Crippen LogP contribution >= 0.6 is 11.8 Å². The number of thioether (sulfide) groups is 1. The smallest absolute Gasteiger partial charge is 0.174 e. The molecule has 1 aliphatic rings. The van der Waals surface area contributed by atoms with Crippen LogP contribution in [0.25, 0.3) is 0 Å². The van der Waals surface area contributed by atoms with Gasteiger partial charge in [0, 0.05) is 42.0 Å². The number of carbonyl (C=O) groups is 1. The predicted octanol–water partition coefficient (Wildman–Crippen LogP) is 3.22. The summed E-state index contributed by atoms with van der Waals surface area (Å²) in [5.74, 6) is 0.864. The van der Waals surface area contributed by atoms with Crippen LogP contribution in [0.4, 0.5) is 0 Å². The van der Waals surface area contributed by atoms with Gasteiger partial charge in [-0.2, -0.15) is 11.8 Å². The SMILES string of the molecule is CCn1c(C)cc(C(=O)CSC2CCOCC2)c1C. The van der Waals surface area contributed by atoms with Crippen molar-refractivity contribution in [3.8, 4) is 0 Å². The Kier molecular flexibility index (Phi) is 5.11. The molecule has 0 spiro atoms. The van der Waals surface area contributed by atoms with Crippen LogP contribution in [0.5, 0.6) is 0 Å². The molecular formula is C15H23NO2S. The molecule has 0 bridgehead atoms. The maximum absolute atomic E-state index is 12.3. The summed E-state index contributed by atoms with van der Waals surface area (Å²) < 4.78 is 7.54. The zero-order valence-electron chi connectivity index (χ0n) is 12.1. The molecule has 2 heterocycles. The Morgan fingerprint density at radius 1 is 1.42 bits per heavy atom. The Hall–Kier alpha value is -0.740. The number of hydrogen-bond acceptors (Lipinski definition) is 3. The zero-order chi connectivity index (χ0) is 13.8. The lowest BCUT2D eigenvalue weighted by molar-refractivity contribution is 0.0988. The summed E-state index contributed by atoms with van der Waals surface area (Å²) in [7, 11) is 0. The third kappa shape index (κ3) is 3.42. The molecule has 1 fully saturated rings. The molecule has 0 N–H and O–H groups in total. The van der Waals surface area contributed by atoms with Crippen LogP contribution in [0, 0.1) is 13.8 Å². The fourth-order valence-corrected chi connectivity index (χ4v) is 3.75. The molecule has 1 saturated heterocycles. The summed E-state index contributed by atoms with van der Waals surface area (Å²) >= 11 is 1.79. The average molecular weight is 281 g/mol. The van der Waals surface area contributed by atoms with Gasteiger partial charge >= 0.3 is 0 Å². The van der Waals surface area contributed by atoms with Gasteiger partial charge in [0.05, 0.1) is 5.75 Å². The van der Waals surface area contributed by atoms with E-state index in [2.05, 4.69) is 18.4 Å². The molecule has 106 valence electrons. The molecule has 19 heavy (non-hydrogen) atoms. The van der Waals surface area contributed by atoms with E-state index in [0.29, 0.717) is 11.0 Å². The molecule has 4 heteroatoms. The average Bonchev–Trinajstić information content (AvgIpc) is 2.72. The number of ketones is 1. The highest BCUT2D eigenvalue weighted by Crippen LogP contribution is 2.24. The van der Waals surface area contributed by atoms with Gasteiger partial charge in [0.2, 0.25) is 0 Å². The molecular weight excluding hydrogens is 258 g/mol. The monoisotopic (exact) mass is 281 g/mol. The van der Waals surface area contributed by atoms with Gasteiger partial charge in [-0.15, -0.1) is 0 Å². The van der Waals surface area contributed by atoms with Crippen molar-refractivity contribution in [2.75, 3.05) is 19.0 Å². The minimum Gasteiger partial charge on any atom is -0.381 e. The number of ether oxygens (including phenoxy) is 1. The standard InChI is InChI=1S/C15H23NO2S/c1-4-16-11(2)9-14(12(16)3)15(17)10-19-13-5-7-18-8-6-13/h9,13H,4-8,10H2,1-3H3. The third-order valence-corrected chi connectivity index (χ3v) is 5.18. The summed E-state index contributed by atoms with van der Waals surface area (Å²) in [6.07, 6.45) is 2.15. The molecule has 1 aromatic heterocycles. The Balaban J connectivity index is 1.96. The Morgan fingerprint density at radius 2 is 2.11 bits per heavy atom. The normalized spacial score (nSPS) is 16.8. The molecule has 0 unspecified atom stereocenters. The number of rotatable bonds is 5. The van der Waals surface area contributed by atoms with E-state index in [1.807, 2.05) is 13.0 Å².